The fraction of sp³-hybridized carbons (Fsp3) is 0.778. The van der Waals surface area contributed by atoms with Crippen LogP contribution in [-0.2, 0) is 0 Å². The second-order valence-corrected chi connectivity index (χ2v) is 4.01. The van der Waals surface area contributed by atoms with E-state index in [1.165, 1.54) is 0 Å². The molecular formula is C9H18N4S. The van der Waals surface area contributed by atoms with Crippen molar-refractivity contribution in [1.82, 2.24) is 10.2 Å². The quantitative estimate of drug-likeness (QED) is 0.754. The van der Waals surface area contributed by atoms with Crippen LogP contribution in [0.15, 0.2) is 9.98 Å². The molecule has 0 saturated carbocycles. The minimum Gasteiger partial charge on any atom is -0.334 e. The molecule has 0 radical (unpaired) electrons. The van der Waals surface area contributed by atoms with Gasteiger partial charge in [0.2, 0.25) is 5.96 Å². The summed E-state index contributed by atoms with van der Waals surface area (Å²) in [6, 6.07) is 0. The largest absolute Gasteiger partial charge is 0.334 e. The third kappa shape index (κ3) is 2.64. The molecular weight excluding hydrogens is 196 g/mol. The number of rotatable bonds is 2. The lowest BCUT2D eigenvalue weighted by molar-refractivity contribution is 0.365. The maximum Gasteiger partial charge on any atom is 0.222 e. The molecule has 4 nitrogen and oxygen atoms in total. The minimum absolute atomic E-state index is 0.269. The first-order valence-corrected chi connectivity index (χ1v) is 6.08. The van der Waals surface area contributed by atoms with Gasteiger partial charge in [-0.05, 0) is 19.6 Å². The van der Waals surface area contributed by atoms with Crippen LogP contribution in [0, 0.1) is 0 Å². The Morgan fingerprint density at radius 1 is 1.64 bits per heavy atom. The zero-order chi connectivity index (χ0) is 10.6. The number of hydrogen-bond acceptors (Lipinski definition) is 3. The molecule has 1 aliphatic heterocycles. The Kier molecular flexibility index (Phi) is 4.25. The normalized spacial score (nSPS) is 24.9. The van der Waals surface area contributed by atoms with Crippen LogP contribution in [-0.4, -0.2) is 42.0 Å². The molecule has 0 fully saturated rings. The van der Waals surface area contributed by atoms with Gasteiger partial charge >= 0.3 is 0 Å². The average molecular weight is 214 g/mol. The molecule has 0 saturated heterocycles. The summed E-state index contributed by atoms with van der Waals surface area (Å²) < 4.78 is 0. The number of nitrogens with one attached hydrogen (secondary N) is 1. The van der Waals surface area contributed by atoms with Crippen molar-refractivity contribution in [2.75, 3.05) is 19.8 Å². The SMILES string of the molecule is CCCN=C1N=C(SC)N(C)C(C)N1. The van der Waals surface area contributed by atoms with Crippen LogP contribution >= 0.6 is 11.8 Å². The Hall–Kier alpha value is -0.710. The second kappa shape index (κ2) is 5.24. The molecule has 1 aliphatic rings. The molecule has 80 valence electrons. The third-order valence-corrected chi connectivity index (χ3v) is 2.83. The van der Waals surface area contributed by atoms with Crippen molar-refractivity contribution in [2.45, 2.75) is 26.4 Å². The molecule has 0 aliphatic carbocycles. The smallest absolute Gasteiger partial charge is 0.222 e. The Morgan fingerprint density at radius 2 is 2.36 bits per heavy atom. The Bertz CT molecular complexity index is 249. The molecule has 0 aromatic heterocycles. The number of hydrogen-bond donors (Lipinski definition) is 1. The predicted molar refractivity (Wildman–Crippen MR) is 63.9 cm³/mol. The van der Waals surface area contributed by atoms with E-state index in [1.54, 1.807) is 11.8 Å². The maximum absolute atomic E-state index is 4.41. The van der Waals surface area contributed by atoms with Crippen molar-refractivity contribution >= 4 is 22.9 Å². The summed E-state index contributed by atoms with van der Waals surface area (Å²) in [5.74, 6) is 0.766. The van der Waals surface area contributed by atoms with E-state index in [1.807, 2.05) is 13.3 Å². The summed E-state index contributed by atoms with van der Waals surface area (Å²) >= 11 is 1.65. The van der Waals surface area contributed by atoms with Gasteiger partial charge in [-0.2, -0.15) is 4.99 Å². The monoisotopic (exact) mass is 214 g/mol. The van der Waals surface area contributed by atoms with Crippen LogP contribution in [0.5, 0.6) is 0 Å². The van der Waals surface area contributed by atoms with E-state index in [0.29, 0.717) is 0 Å². The zero-order valence-electron chi connectivity index (χ0n) is 9.24. The molecule has 1 heterocycles. The minimum atomic E-state index is 0.269. The number of thioether (sulfide) groups is 1. The van der Waals surface area contributed by atoms with Gasteiger partial charge in [0.1, 0.15) is 6.17 Å². The first-order chi connectivity index (χ1) is 6.69. The molecule has 0 aromatic carbocycles. The highest BCUT2D eigenvalue weighted by Gasteiger charge is 2.19. The number of aliphatic imine (C=N–C) groups is 2. The highest BCUT2D eigenvalue weighted by Crippen LogP contribution is 2.10. The summed E-state index contributed by atoms with van der Waals surface area (Å²) in [7, 11) is 2.03. The van der Waals surface area contributed by atoms with Crippen molar-refractivity contribution in [3.05, 3.63) is 0 Å². The number of amidine groups is 1. The Morgan fingerprint density at radius 3 is 2.93 bits per heavy atom. The Labute approximate surface area is 89.9 Å². The van der Waals surface area contributed by atoms with Crippen molar-refractivity contribution in [1.29, 1.82) is 0 Å². The molecule has 5 heteroatoms. The van der Waals surface area contributed by atoms with Crippen LogP contribution in [0.3, 0.4) is 0 Å². The van der Waals surface area contributed by atoms with Crippen molar-refractivity contribution in [3.63, 3.8) is 0 Å². The number of nitrogens with zero attached hydrogens (tertiary/aromatic N) is 3. The van der Waals surface area contributed by atoms with Gasteiger partial charge in [-0.25, -0.2) is 0 Å². The maximum atomic E-state index is 4.41. The van der Waals surface area contributed by atoms with Crippen LogP contribution in [0.25, 0.3) is 0 Å². The number of guanidine groups is 1. The van der Waals surface area contributed by atoms with E-state index in [-0.39, 0.29) is 6.17 Å². The van der Waals surface area contributed by atoms with Crippen molar-refractivity contribution < 1.29 is 0 Å². The molecule has 1 atom stereocenters. The predicted octanol–water partition coefficient (Wildman–Crippen LogP) is 1.35. The van der Waals surface area contributed by atoms with Gasteiger partial charge < -0.3 is 10.2 Å². The molecule has 0 spiro atoms. The summed E-state index contributed by atoms with van der Waals surface area (Å²) in [5.41, 5.74) is 0. The molecule has 1 unspecified atom stereocenters. The average Bonchev–Trinajstić information content (AvgIpc) is 2.19. The highest BCUT2D eigenvalue weighted by atomic mass is 32.2. The fourth-order valence-corrected chi connectivity index (χ4v) is 1.76. The standard InChI is InChI=1S/C9H18N4S/c1-5-6-10-8-11-7(2)13(3)9(12-8)14-4/h7H,5-6H2,1-4H3,(H,10,11). The molecule has 0 bridgehead atoms. The summed E-state index contributed by atoms with van der Waals surface area (Å²) in [6.45, 7) is 5.05. The van der Waals surface area contributed by atoms with Crippen LogP contribution < -0.4 is 5.32 Å². The van der Waals surface area contributed by atoms with Gasteiger partial charge in [0.15, 0.2) is 5.17 Å². The van der Waals surface area contributed by atoms with E-state index in [0.717, 1.165) is 24.1 Å². The van der Waals surface area contributed by atoms with Gasteiger partial charge in [-0.1, -0.05) is 18.7 Å². The van der Waals surface area contributed by atoms with E-state index in [2.05, 4.69) is 34.0 Å². The van der Waals surface area contributed by atoms with Crippen LogP contribution in [0.1, 0.15) is 20.3 Å². The second-order valence-electron chi connectivity index (χ2n) is 3.24. The first-order valence-electron chi connectivity index (χ1n) is 4.85. The van der Waals surface area contributed by atoms with Crippen molar-refractivity contribution in [2.24, 2.45) is 9.98 Å². The lowest BCUT2D eigenvalue weighted by Gasteiger charge is -2.32. The van der Waals surface area contributed by atoms with E-state index >= 15 is 0 Å². The van der Waals surface area contributed by atoms with Gasteiger partial charge in [-0.3, -0.25) is 4.99 Å². The van der Waals surface area contributed by atoms with E-state index in [4.69, 9.17) is 0 Å². The van der Waals surface area contributed by atoms with Crippen molar-refractivity contribution in [3.8, 4) is 0 Å². The lowest BCUT2D eigenvalue weighted by Crippen LogP contribution is -2.50. The highest BCUT2D eigenvalue weighted by molar-refractivity contribution is 8.13. The van der Waals surface area contributed by atoms with Gasteiger partial charge in [-0.15, -0.1) is 0 Å². The first kappa shape index (κ1) is 11.4. The van der Waals surface area contributed by atoms with Gasteiger partial charge in [0.25, 0.3) is 0 Å². The fourth-order valence-electron chi connectivity index (χ4n) is 1.14. The van der Waals surface area contributed by atoms with Crippen LogP contribution in [0.4, 0.5) is 0 Å². The molecule has 0 aromatic rings. The topological polar surface area (TPSA) is 40.0 Å². The van der Waals surface area contributed by atoms with Gasteiger partial charge in [0, 0.05) is 13.6 Å². The Balaban J connectivity index is 2.77. The molecule has 0 amide bonds. The summed E-state index contributed by atoms with van der Waals surface area (Å²) in [5, 5.41) is 4.26. The summed E-state index contributed by atoms with van der Waals surface area (Å²) in [4.78, 5) is 10.9. The van der Waals surface area contributed by atoms with E-state index in [9.17, 15) is 0 Å². The lowest BCUT2D eigenvalue weighted by atomic mass is 10.4. The third-order valence-electron chi connectivity index (χ3n) is 2.09. The van der Waals surface area contributed by atoms with E-state index < -0.39 is 0 Å². The molecule has 1 N–H and O–H groups in total. The molecule has 1 rings (SSSR count). The van der Waals surface area contributed by atoms with Crippen LogP contribution in [0.2, 0.25) is 0 Å². The zero-order valence-corrected chi connectivity index (χ0v) is 10.1. The van der Waals surface area contributed by atoms with Gasteiger partial charge in [0.05, 0.1) is 0 Å². The summed E-state index contributed by atoms with van der Waals surface area (Å²) in [6.07, 6.45) is 3.36. The molecule has 14 heavy (non-hydrogen) atoms.